The lowest BCUT2D eigenvalue weighted by molar-refractivity contribution is -0.193. The van der Waals surface area contributed by atoms with Crippen LogP contribution >= 0.6 is 0 Å². The third kappa shape index (κ3) is 0.686. The summed E-state index contributed by atoms with van der Waals surface area (Å²) in [4.78, 5) is 21.6. The first-order valence-corrected chi connectivity index (χ1v) is 3.86. The van der Waals surface area contributed by atoms with E-state index in [2.05, 4.69) is 0 Å². The third-order valence-corrected chi connectivity index (χ3v) is 2.54. The van der Waals surface area contributed by atoms with Crippen molar-refractivity contribution in [1.29, 1.82) is 0 Å². The molecule has 0 bridgehead atoms. The van der Waals surface area contributed by atoms with Gasteiger partial charge in [0, 0.05) is 0 Å². The Bertz CT molecular complexity index is 277. The van der Waals surface area contributed by atoms with Gasteiger partial charge in [0.2, 0.25) is 7.28 Å². The molecule has 2 atom stereocenters. The highest BCUT2D eigenvalue weighted by Gasteiger charge is 2.74. The summed E-state index contributed by atoms with van der Waals surface area (Å²) < 4.78 is 9.83. The van der Waals surface area contributed by atoms with Crippen LogP contribution in [0.25, 0.3) is 0 Å². The van der Waals surface area contributed by atoms with E-state index in [1.165, 1.54) is 0 Å². The summed E-state index contributed by atoms with van der Waals surface area (Å²) in [6, 6.07) is 0. The molecule has 2 fully saturated rings. The fourth-order valence-electron chi connectivity index (χ4n) is 1.62. The molecule has 2 saturated heterocycles. The summed E-state index contributed by atoms with van der Waals surface area (Å²) in [5.41, 5.74) is -1.31. The van der Waals surface area contributed by atoms with E-state index in [1.807, 2.05) is 6.92 Å². The second kappa shape index (κ2) is 1.84. The summed E-state index contributed by atoms with van der Waals surface area (Å²) in [6.45, 7) is 3.62. The zero-order valence-corrected chi connectivity index (χ0v) is 6.92. The van der Waals surface area contributed by atoms with Crippen LogP contribution in [0.2, 0.25) is 0 Å². The lowest BCUT2D eigenvalue weighted by Crippen LogP contribution is -2.42. The number of fused-ring (bicyclic) bond motifs is 1. The van der Waals surface area contributed by atoms with Crippen molar-refractivity contribution in [3.8, 4) is 0 Å². The maximum atomic E-state index is 10.8. The van der Waals surface area contributed by atoms with Crippen molar-refractivity contribution in [2.24, 2.45) is 0 Å². The molecule has 2 aliphatic heterocycles. The minimum atomic E-state index is -0.893. The average Bonchev–Trinajstić information content (AvgIpc) is 2.57. The number of rotatable bonds is 1. The van der Waals surface area contributed by atoms with Gasteiger partial charge < -0.3 is 9.47 Å². The molecule has 1 radical (unpaired) electrons. The SMILES string of the molecule is CCC12[B]C1(C)OC(=O)C(=O)O2. The second-order valence-electron chi connectivity index (χ2n) is 3.27. The van der Waals surface area contributed by atoms with Gasteiger partial charge in [0.25, 0.3) is 0 Å². The summed E-state index contributed by atoms with van der Waals surface area (Å²) in [5.74, 6) is -1.78. The van der Waals surface area contributed by atoms with E-state index in [0.717, 1.165) is 0 Å². The van der Waals surface area contributed by atoms with Crippen LogP contribution < -0.4 is 0 Å². The van der Waals surface area contributed by atoms with Gasteiger partial charge in [-0.15, -0.1) is 0 Å². The van der Waals surface area contributed by atoms with Crippen molar-refractivity contribution in [2.75, 3.05) is 0 Å². The minimum absolute atomic E-state index is 0.641. The third-order valence-electron chi connectivity index (χ3n) is 2.54. The van der Waals surface area contributed by atoms with Gasteiger partial charge in [-0.2, -0.15) is 0 Å². The maximum Gasteiger partial charge on any atom is 0.417 e. The van der Waals surface area contributed by atoms with E-state index < -0.39 is 22.9 Å². The predicted octanol–water partition coefficient (Wildman–Crippen LogP) is -0.373. The van der Waals surface area contributed by atoms with Crippen molar-refractivity contribution in [3.63, 3.8) is 0 Å². The Hall–Kier alpha value is -0.995. The van der Waals surface area contributed by atoms with Crippen LogP contribution in [0.4, 0.5) is 0 Å². The van der Waals surface area contributed by atoms with Crippen molar-refractivity contribution in [3.05, 3.63) is 0 Å². The van der Waals surface area contributed by atoms with Gasteiger partial charge in [-0.25, -0.2) is 9.59 Å². The molecule has 2 aliphatic rings. The maximum absolute atomic E-state index is 10.8. The molecular formula is C7H8BO4. The summed E-state index contributed by atoms with van der Waals surface area (Å²) >= 11 is 0. The van der Waals surface area contributed by atoms with Gasteiger partial charge in [-0.05, 0) is 13.3 Å². The number of hydrogen-bond donors (Lipinski definition) is 0. The standard InChI is InChI=1S/C7H8BO4/c1-3-7-6(2,8-7)11-4(9)5(10)12-7/h3H2,1-2H3. The number of esters is 2. The van der Waals surface area contributed by atoms with E-state index in [4.69, 9.17) is 9.47 Å². The molecule has 0 aromatic carbocycles. The normalized spacial score (nSPS) is 43.8. The molecule has 0 saturated carbocycles. The zero-order valence-electron chi connectivity index (χ0n) is 6.92. The quantitative estimate of drug-likeness (QED) is 0.303. The highest BCUT2D eigenvalue weighted by atomic mass is 16.7. The van der Waals surface area contributed by atoms with Crippen molar-refractivity contribution < 1.29 is 19.1 Å². The Morgan fingerprint density at radius 3 is 2.50 bits per heavy atom. The van der Waals surface area contributed by atoms with Gasteiger partial charge >= 0.3 is 11.9 Å². The van der Waals surface area contributed by atoms with Crippen molar-refractivity contribution >= 4 is 19.2 Å². The molecule has 0 N–H and O–H groups in total. The Morgan fingerprint density at radius 1 is 1.33 bits per heavy atom. The molecule has 0 aromatic rings. The monoisotopic (exact) mass is 167 g/mol. The molecule has 0 spiro atoms. The van der Waals surface area contributed by atoms with Crippen molar-refractivity contribution in [2.45, 2.75) is 31.3 Å². The van der Waals surface area contributed by atoms with E-state index in [1.54, 1.807) is 14.2 Å². The fourth-order valence-corrected chi connectivity index (χ4v) is 1.62. The molecule has 12 heavy (non-hydrogen) atoms. The van der Waals surface area contributed by atoms with Crippen LogP contribution in [0.3, 0.4) is 0 Å². The molecule has 5 heteroatoms. The first-order chi connectivity index (χ1) is 5.53. The van der Waals surface area contributed by atoms with Gasteiger partial charge in [0.1, 0.15) is 11.0 Å². The van der Waals surface area contributed by atoms with E-state index in [-0.39, 0.29) is 0 Å². The number of ether oxygens (including phenoxy) is 2. The fraction of sp³-hybridized carbons (Fsp3) is 0.714. The highest BCUT2D eigenvalue weighted by molar-refractivity contribution is 6.61. The average molecular weight is 167 g/mol. The molecule has 2 heterocycles. The summed E-state index contributed by atoms with van der Waals surface area (Å²) in [6.07, 6.45) is 0.641. The van der Waals surface area contributed by atoms with Gasteiger partial charge in [-0.1, -0.05) is 6.92 Å². The number of carbonyl (C=O) groups is 2. The first kappa shape index (κ1) is 7.64. The van der Waals surface area contributed by atoms with Crippen LogP contribution in [0.15, 0.2) is 0 Å². The molecule has 0 amide bonds. The van der Waals surface area contributed by atoms with Crippen LogP contribution in [0, 0.1) is 0 Å². The molecule has 4 nitrogen and oxygen atoms in total. The molecule has 2 rings (SSSR count). The van der Waals surface area contributed by atoms with E-state index in [9.17, 15) is 9.59 Å². The van der Waals surface area contributed by atoms with Crippen LogP contribution in [0.1, 0.15) is 20.3 Å². The first-order valence-electron chi connectivity index (χ1n) is 3.86. The summed E-state index contributed by atoms with van der Waals surface area (Å²) in [7, 11) is 1.74. The Kier molecular flexibility index (Phi) is 1.17. The van der Waals surface area contributed by atoms with Gasteiger partial charge in [0.15, 0.2) is 0 Å². The lowest BCUT2D eigenvalue weighted by Gasteiger charge is -2.27. The molecule has 0 aliphatic carbocycles. The second-order valence-corrected chi connectivity index (χ2v) is 3.27. The summed E-state index contributed by atoms with van der Waals surface area (Å²) in [5, 5.41) is 0. The van der Waals surface area contributed by atoms with Crippen molar-refractivity contribution in [1.82, 2.24) is 0 Å². The van der Waals surface area contributed by atoms with E-state index in [0.29, 0.717) is 6.42 Å². The zero-order chi connectivity index (χ0) is 8.98. The minimum Gasteiger partial charge on any atom is -0.457 e. The predicted molar refractivity (Wildman–Crippen MR) is 39.4 cm³/mol. The molecule has 2 unspecified atom stereocenters. The topological polar surface area (TPSA) is 52.6 Å². The van der Waals surface area contributed by atoms with E-state index >= 15 is 0 Å². The highest BCUT2D eigenvalue weighted by Crippen LogP contribution is 2.49. The molecule has 0 aromatic heterocycles. The van der Waals surface area contributed by atoms with Crippen LogP contribution in [-0.4, -0.2) is 30.2 Å². The van der Waals surface area contributed by atoms with Crippen LogP contribution in [0.5, 0.6) is 0 Å². The molecular weight excluding hydrogens is 159 g/mol. The molecule has 63 valence electrons. The number of hydrogen-bond acceptors (Lipinski definition) is 4. The van der Waals surface area contributed by atoms with Gasteiger partial charge in [0.05, 0.1) is 0 Å². The smallest absolute Gasteiger partial charge is 0.417 e. The lowest BCUT2D eigenvalue weighted by atomic mass is 9.95. The largest absolute Gasteiger partial charge is 0.457 e. The number of carbonyl (C=O) groups excluding carboxylic acids is 2. The van der Waals surface area contributed by atoms with Crippen LogP contribution in [-0.2, 0) is 19.1 Å². The van der Waals surface area contributed by atoms with Gasteiger partial charge in [-0.3, -0.25) is 0 Å². The Morgan fingerprint density at radius 2 is 1.92 bits per heavy atom. The Labute approximate surface area is 70.5 Å². The Balaban J connectivity index is 2.26.